The molecule has 54 valence electrons. The van der Waals surface area contributed by atoms with Gasteiger partial charge in [-0.25, -0.2) is 0 Å². The number of aryl methyl sites for hydroxylation is 1. The van der Waals surface area contributed by atoms with Crippen LogP contribution in [-0.4, -0.2) is 4.98 Å². The van der Waals surface area contributed by atoms with Crippen LogP contribution in [0.15, 0.2) is 12.3 Å². The normalized spacial score (nSPS) is 7.33. The third-order valence-electron chi connectivity index (χ3n) is 0.866. The van der Waals surface area contributed by atoms with Crippen LogP contribution < -0.4 is 13.6 Å². The summed E-state index contributed by atoms with van der Waals surface area (Å²) in [5, 5.41) is 0. The second-order valence-electron chi connectivity index (χ2n) is 1.45. The number of hydrogen-bond acceptors (Lipinski definition) is 0. The summed E-state index contributed by atoms with van der Waals surface area (Å²) in [6.45, 7) is 2.09. The Morgan fingerprint density at radius 1 is 1.44 bits per heavy atom. The van der Waals surface area contributed by atoms with E-state index in [4.69, 9.17) is 0 Å². The van der Waals surface area contributed by atoms with Gasteiger partial charge in [-0.1, -0.05) is 0 Å². The summed E-state index contributed by atoms with van der Waals surface area (Å²) in [6, 6.07) is 2.06. The Bertz CT molecular complexity index is 147. The minimum atomic E-state index is 0. The van der Waals surface area contributed by atoms with Gasteiger partial charge in [0.05, 0.1) is 0 Å². The first-order valence-corrected chi connectivity index (χ1v) is 3.27. The third-order valence-corrected chi connectivity index (χ3v) is 2.16. The van der Waals surface area contributed by atoms with Gasteiger partial charge in [0.25, 0.3) is 0 Å². The molecular weight excluding hydrogens is 304 g/mol. The number of aromatic amines is 1. The van der Waals surface area contributed by atoms with E-state index in [1.165, 1.54) is 9.77 Å². The van der Waals surface area contributed by atoms with Crippen LogP contribution in [0.25, 0.3) is 0 Å². The number of H-pyrrole nitrogens is 1. The molecule has 0 saturated carbocycles. The van der Waals surface area contributed by atoms with E-state index in [2.05, 4.69) is 36.9 Å². The first kappa shape index (κ1) is 11.6. The zero-order valence-corrected chi connectivity index (χ0v) is 7.14. The largest absolute Gasteiger partial charge is 1.00 e. The van der Waals surface area contributed by atoms with Crippen molar-refractivity contribution in [1.82, 2.24) is 4.98 Å². The summed E-state index contributed by atoms with van der Waals surface area (Å²) in [6.07, 6.45) is 1.95. The van der Waals surface area contributed by atoms with Crippen molar-refractivity contribution < 1.29 is 28.3 Å². The van der Waals surface area contributed by atoms with E-state index < -0.39 is 0 Å². The fourth-order valence-electron chi connectivity index (χ4n) is 0.419. The number of halogens is 2. The van der Waals surface area contributed by atoms with Crippen LogP contribution in [0.4, 0.5) is 0 Å². The average molecular weight is 310 g/mol. The quantitative estimate of drug-likeness (QED) is 0.492. The van der Waals surface area contributed by atoms with Gasteiger partial charge in [-0.05, 0) is 0 Å². The van der Waals surface area contributed by atoms with E-state index in [9.17, 15) is 0 Å². The van der Waals surface area contributed by atoms with Crippen LogP contribution in [0.2, 0.25) is 0 Å². The summed E-state index contributed by atoms with van der Waals surface area (Å²) < 4.78 is 1.26. The van der Waals surface area contributed by atoms with Gasteiger partial charge in [-0.15, -0.1) is 0 Å². The summed E-state index contributed by atoms with van der Waals surface area (Å²) >= 11 is 2.06. The molecule has 1 heterocycles. The topological polar surface area (TPSA) is 15.8 Å². The Kier molecular flexibility index (Phi) is 5.97. The van der Waals surface area contributed by atoms with Crippen molar-refractivity contribution >= 4 is 4.21 Å². The monoisotopic (exact) mass is 311 g/mol. The predicted molar refractivity (Wildman–Crippen MR) is 25.2 cm³/mol. The first-order chi connectivity index (χ1) is 3.30. The van der Waals surface area contributed by atoms with Crippen LogP contribution in [-0.2, 0) is 18.9 Å². The maximum Gasteiger partial charge on any atom is -1.00 e. The molecule has 0 aromatic carbocycles. The number of aromatic nitrogens is 1. The van der Waals surface area contributed by atoms with Crippen LogP contribution in [0, 0.1) is 6.92 Å². The van der Waals surface area contributed by atoms with E-state index in [0.29, 0.717) is 0 Å². The van der Waals surface area contributed by atoms with Crippen LogP contribution >= 0.6 is 0 Å². The van der Waals surface area contributed by atoms with E-state index in [0.717, 1.165) is 0 Å². The van der Waals surface area contributed by atoms with Crippen molar-refractivity contribution in [3.8, 4) is 0 Å². The Morgan fingerprint density at radius 2 is 2.00 bits per heavy atom. The van der Waals surface area contributed by atoms with Crippen molar-refractivity contribution in [2.75, 3.05) is 0 Å². The third kappa shape index (κ3) is 2.72. The molecule has 4 heteroatoms. The fraction of sp³-hybridized carbons (Fsp3) is 0.200. The molecule has 1 nitrogen and oxygen atoms in total. The first-order valence-electron chi connectivity index (χ1n) is 2.08. The molecule has 1 aromatic heterocycles. The number of rotatable bonds is 0. The second-order valence-corrected chi connectivity index (χ2v) is 2.65. The summed E-state index contributed by atoms with van der Waals surface area (Å²) in [4.78, 5) is 3.07. The standard InChI is InChI=1S/C5H6N.2FH.Ir/c1-5-2-3-6-4-5;;;/h2-3,6H,1H3;2*1H;/q;;;+2/p-2. The zero-order chi connectivity index (χ0) is 5.28. The molecule has 0 fully saturated rings. The molecule has 1 rings (SSSR count). The molecular formula is C5H6F2IrN. The Morgan fingerprint density at radius 3 is 2.11 bits per heavy atom. The molecule has 0 unspecified atom stereocenters. The molecule has 9 heavy (non-hydrogen) atoms. The predicted octanol–water partition coefficient (Wildman–Crippen LogP) is -5.50. The molecule has 1 aromatic rings. The summed E-state index contributed by atoms with van der Waals surface area (Å²) in [7, 11) is 0. The van der Waals surface area contributed by atoms with Crippen LogP contribution in [0.1, 0.15) is 5.56 Å². The van der Waals surface area contributed by atoms with Gasteiger partial charge in [0.2, 0.25) is 0 Å². The van der Waals surface area contributed by atoms with Gasteiger partial charge in [0, 0.05) is 0 Å². The zero-order valence-electron chi connectivity index (χ0n) is 4.74. The summed E-state index contributed by atoms with van der Waals surface area (Å²) in [5.74, 6) is 0. The van der Waals surface area contributed by atoms with Crippen molar-refractivity contribution in [2.45, 2.75) is 6.92 Å². The molecule has 0 amide bonds. The van der Waals surface area contributed by atoms with Gasteiger partial charge < -0.3 is 9.41 Å². The molecule has 0 aliphatic rings. The molecule has 0 radical (unpaired) electrons. The van der Waals surface area contributed by atoms with Crippen molar-refractivity contribution in [3.63, 3.8) is 0 Å². The molecule has 1 N–H and O–H groups in total. The summed E-state index contributed by atoms with van der Waals surface area (Å²) in [5.41, 5.74) is 1.33. The van der Waals surface area contributed by atoms with Gasteiger partial charge >= 0.3 is 52.8 Å². The van der Waals surface area contributed by atoms with Gasteiger partial charge in [0.15, 0.2) is 0 Å². The maximum absolute atomic E-state index is 3.07. The molecule has 0 aliphatic heterocycles. The van der Waals surface area contributed by atoms with E-state index in [1.807, 2.05) is 6.20 Å². The average Bonchev–Trinajstić information content (AvgIpc) is 1.91. The minimum absolute atomic E-state index is 0. The van der Waals surface area contributed by atoms with Crippen LogP contribution in [0.5, 0.6) is 0 Å². The molecule has 0 spiro atoms. The van der Waals surface area contributed by atoms with Crippen molar-refractivity contribution in [1.29, 1.82) is 0 Å². The van der Waals surface area contributed by atoms with Crippen molar-refractivity contribution in [3.05, 3.63) is 17.8 Å². The fourth-order valence-corrected chi connectivity index (χ4v) is 0.819. The Labute approximate surface area is 62.7 Å². The van der Waals surface area contributed by atoms with Crippen molar-refractivity contribution in [2.24, 2.45) is 0 Å². The van der Waals surface area contributed by atoms with E-state index in [1.54, 1.807) is 0 Å². The van der Waals surface area contributed by atoms with Gasteiger partial charge in [-0.2, -0.15) is 0 Å². The Hall–Kier alpha value is -0.211. The molecule has 0 saturated heterocycles. The molecule has 0 aliphatic carbocycles. The molecule has 0 bridgehead atoms. The SMILES string of the molecule is Cc1cc[nH][c]1[Ir+2].[F-].[F-]. The van der Waals surface area contributed by atoms with Gasteiger partial charge in [0.1, 0.15) is 0 Å². The molecule has 0 atom stereocenters. The number of nitrogens with one attached hydrogen (secondary N) is 1. The van der Waals surface area contributed by atoms with E-state index in [-0.39, 0.29) is 9.41 Å². The van der Waals surface area contributed by atoms with E-state index >= 15 is 0 Å². The minimum Gasteiger partial charge on any atom is -1.00 e. The maximum atomic E-state index is 3.07. The smallest absolute Gasteiger partial charge is 1.00 e. The Balaban J connectivity index is 0. The van der Waals surface area contributed by atoms with Crippen LogP contribution in [0.3, 0.4) is 0 Å². The second kappa shape index (κ2) is 4.65. The van der Waals surface area contributed by atoms with Gasteiger partial charge in [-0.3, -0.25) is 0 Å². The number of hydrogen-bond donors (Lipinski definition) is 1.